The van der Waals surface area contributed by atoms with Gasteiger partial charge in [0.15, 0.2) is 5.84 Å². The molecular weight excluding hydrogens is 274 g/mol. The summed E-state index contributed by atoms with van der Waals surface area (Å²) >= 11 is 5.98. The normalized spacial score (nSPS) is 11.4. The molecule has 0 heterocycles. The van der Waals surface area contributed by atoms with Gasteiger partial charge in [-0.2, -0.15) is 0 Å². The lowest BCUT2D eigenvalue weighted by Crippen LogP contribution is -2.18. The van der Waals surface area contributed by atoms with Crippen LogP contribution in [0.3, 0.4) is 0 Å². The second kappa shape index (κ2) is 6.30. The molecule has 4 nitrogen and oxygen atoms in total. The lowest BCUT2D eigenvalue weighted by Gasteiger charge is -2.20. The van der Waals surface area contributed by atoms with E-state index < -0.39 is 0 Å². The van der Waals surface area contributed by atoms with Gasteiger partial charge in [0.2, 0.25) is 0 Å². The zero-order valence-electron chi connectivity index (χ0n) is 11.1. The van der Waals surface area contributed by atoms with Crippen molar-refractivity contribution in [1.82, 2.24) is 0 Å². The van der Waals surface area contributed by atoms with Crippen molar-refractivity contribution in [3.8, 4) is 0 Å². The molecule has 5 heteroatoms. The summed E-state index contributed by atoms with van der Waals surface area (Å²) in [6.07, 6.45) is 0. The van der Waals surface area contributed by atoms with Crippen molar-refractivity contribution in [2.75, 3.05) is 11.9 Å². The van der Waals surface area contributed by atoms with Crippen molar-refractivity contribution in [2.24, 2.45) is 10.9 Å². The van der Waals surface area contributed by atoms with Crippen molar-refractivity contribution in [1.29, 1.82) is 0 Å². The number of halogens is 1. The first-order chi connectivity index (χ1) is 9.60. The van der Waals surface area contributed by atoms with Crippen LogP contribution in [0.4, 0.5) is 5.69 Å². The van der Waals surface area contributed by atoms with E-state index in [9.17, 15) is 0 Å². The zero-order valence-corrected chi connectivity index (χ0v) is 11.9. The fraction of sp³-hybridized carbons (Fsp3) is 0.133. The van der Waals surface area contributed by atoms with Crippen molar-refractivity contribution in [3.05, 3.63) is 64.7 Å². The Morgan fingerprint density at radius 3 is 2.70 bits per heavy atom. The van der Waals surface area contributed by atoms with E-state index in [0.717, 1.165) is 22.8 Å². The largest absolute Gasteiger partial charge is 0.409 e. The molecule has 0 radical (unpaired) electrons. The Hall–Kier alpha value is -2.20. The Bertz CT molecular complexity index is 628. The van der Waals surface area contributed by atoms with Crippen LogP contribution >= 0.6 is 11.6 Å². The molecule has 0 spiro atoms. The first kappa shape index (κ1) is 14.2. The number of hydrogen-bond donors (Lipinski definition) is 2. The van der Waals surface area contributed by atoms with Crippen LogP contribution in [-0.2, 0) is 6.54 Å². The summed E-state index contributed by atoms with van der Waals surface area (Å²) < 4.78 is 0. The van der Waals surface area contributed by atoms with E-state index in [-0.39, 0.29) is 5.84 Å². The molecule has 0 aliphatic carbocycles. The number of anilines is 1. The maximum Gasteiger partial charge on any atom is 0.170 e. The number of oxime groups is 1. The van der Waals surface area contributed by atoms with Crippen LogP contribution in [0.2, 0.25) is 5.02 Å². The molecule has 0 aromatic heterocycles. The predicted octanol–water partition coefficient (Wildman–Crippen LogP) is 3.07. The van der Waals surface area contributed by atoms with Gasteiger partial charge in [-0.3, -0.25) is 0 Å². The molecule has 2 rings (SSSR count). The average molecular weight is 290 g/mol. The van der Waals surface area contributed by atoms with E-state index in [1.807, 2.05) is 49.5 Å². The third kappa shape index (κ3) is 3.42. The van der Waals surface area contributed by atoms with Crippen molar-refractivity contribution in [2.45, 2.75) is 6.54 Å². The summed E-state index contributed by atoms with van der Waals surface area (Å²) in [4.78, 5) is 2.07. The SMILES string of the molecule is CN(Cc1cccc(Cl)c1)c1cccc(C(N)=NO)c1. The topological polar surface area (TPSA) is 61.8 Å². The highest BCUT2D eigenvalue weighted by Gasteiger charge is 2.05. The lowest BCUT2D eigenvalue weighted by molar-refractivity contribution is 0.318. The zero-order chi connectivity index (χ0) is 14.5. The van der Waals surface area contributed by atoms with Gasteiger partial charge in [-0.15, -0.1) is 0 Å². The van der Waals surface area contributed by atoms with E-state index in [1.165, 1.54) is 0 Å². The predicted molar refractivity (Wildman–Crippen MR) is 82.5 cm³/mol. The van der Waals surface area contributed by atoms with Crippen LogP contribution in [0.15, 0.2) is 53.7 Å². The summed E-state index contributed by atoms with van der Waals surface area (Å²) in [5.41, 5.74) is 8.38. The van der Waals surface area contributed by atoms with Crippen LogP contribution in [0.1, 0.15) is 11.1 Å². The average Bonchev–Trinajstić information content (AvgIpc) is 2.46. The minimum absolute atomic E-state index is 0.100. The maximum atomic E-state index is 8.72. The number of nitrogens with zero attached hydrogens (tertiary/aromatic N) is 2. The molecule has 0 aliphatic heterocycles. The summed E-state index contributed by atoms with van der Waals surface area (Å²) in [6.45, 7) is 0.722. The van der Waals surface area contributed by atoms with Crippen LogP contribution < -0.4 is 10.6 Å². The van der Waals surface area contributed by atoms with Crippen LogP contribution in [0.25, 0.3) is 0 Å². The molecule has 0 aliphatic rings. The van der Waals surface area contributed by atoms with Gasteiger partial charge < -0.3 is 15.8 Å². The number of hydrogen-bond acceptors (Lipinski definition) is 3. The van der Waals surface area contributed by atoms with E-state index in [2.05, 4.69) is 10.1 Å². The van der Waals surface area contributed by atoms with Gasteiger partial charge >= 0.3 is 0 Å². The van der Waals surface area contributed by atoms with Crippen molar-refractivity contribution < 1.29 is 5.21 Å². The Balaban J connectivity index is 2.19. The fourth-order valence-corrected chi connectivity index (χ4v) is 2.17. The Morgan fingerprint density at radius 1 is 1.25 bits per heavy atom. The van der Waals surface area contributed by atoms with Gasteiger partial charge in [-0.1, -0.05) is 41.0 Å². The van der Waals surface area contributed by atoms with E-state index >= 15 is 0 Å². The molecule has 0 fully saturated rings. The molecule has 0 amide bonds. The molecule has 0 saturated carbocycles. The Labute approximate surface area is 123 Å². The lowest BCUT2D eigenvalue weighted by atomic mass is 10.1. The Morgan fingerprint density at radius 2 is 2.00 bits per heavy atom. The maximum absolute atomic E-state index is 8.72. The number of nitrogens with two attached hydrogens (primary N) is 1. The standard InChI is InChI=1S/C15H16ClN3O/c1-19(10-11-4-2-6-13(16)8-11)14-7-3-5-12(9-14)15(17)18-20/h2-9,20H,10H2,1H3,(H2,17,18). The van der Waals surface area contributed by atoms with Gasteiger partial charge in [0.05, 0.1) is 0 Å². The highest BCUT2D eigenvalue weighted by Crippen LogP contribution is 2.19. The fourth-order valence-electron chi connectivity index (χ4n) is 1.96. The smallest absolute Gasteiger partial charge is 0.170 e. The van der Waals surface area contributed by atoms with E-state index in [4.69, 9.17) is 22.5 Å². The van der Waals surface area contributed by atoms with Gasteiger partial charge in [0.25, 0.3) is 0 Å². The quantitative estimate of drug-likeness (QED) is 0.393. The van der Waals surface area contributed by atoms with Crippen LogP contribution in [0.5, 0.6) is 0 Å². The molecule has 0 atom stereocenters. The van der Waals surface area contributed by atoms with E-state index in [1.54, 1.807) is 6.07 Å². The monoisotopic (exact) mass is 289 g/mol. The van der Waals surface area contributed by atoms with Gasteiger partial charge in [-0.25, -0.2) is 0 Å². The Kier molecular flexibility index (Phi) is 4.48. The summed E-state index contributed by atoms with van der Waals surface area (Å²) in [5.74, 6) is 0.100. The molecule has 2 aromatic rings. The minimum atomic E-state index is 0.100. The minimum Gasteiger partial charge on any atom is -0.409 e. The second-order valence-electron chi connectivity index (χ2n) is 4.52. The molecule has 0 saturated heterocycles. The highest BCUT2D eigenvalue weighted by atomic mass is 35.5. The number of amidine groups is 1. The van der Waals surface area contributed by atoms with Crippen molar-refractivity contribution >= 4 is 23.1 Å². The molecular formula is C15H16ClN3O. The molecule has 104 valence electrons. The number of benzene rings is 2. The van der Waals surface area contributed by atoms with Crippen LogP contribution in [0, 0.1) is 0 Å². The number of rotatable bonds is 4. The van der Waals surface area contributed by atoms with E-state index in [0.29, 0.717) is 5.56 Å². The van der Waals surface area contributed by atoms with Gasteiger partial charge in [-0.05, 0) is 29.8 Å². The molecule has 3 N–H and O–H groups in total. The second-order valence-corrected chi connectivity index (χ2v) is 4.96. The molecule has 0 unspecified atom stereocenters. The molecule has 0 bridgehead atoms. The summed E-state index contributed by atoms with van der Waals surface area (Å²) in [5, 5.41) is 12.5. The first-order valence-corrected chi connectivity index (χ1v) is 6.51. The first-order valence-electron chi connectivity index (χ1n) is 6.13. The van der Waals surface area contributed by atoms with Crippen LogP contribution in [-0.4, -0.2) is 18.1 Å². The highest BCUT2D eigenvalue weighted by molar-refractivity contribution is 6.30. The van der Waals surface area contributed by atoms with Crippen molar-refractivity contribution in [3.63, 3.8) is 0 Å². The summed E-state index contributed by atoms with van der Waals surface area (Å²) in [6, 6.07) is 15.3. The van der Waals surface area contributed by atoms with Gasteiger partial charge in [0, 0.05) is 29.9 Å². The summed E-state index contributed by atoms with van der Waals surface area (Å²) in [7, 11) is 1.98. The molecule has 20 heavy (non-hydrogen) atoms. The third-order valence-corrected chi connectivity index (χ3v) is 3.23. The third-order valence-electron chi connectivity index (χ3n) is 3.00. The molecule has 2 aromatic carbocycles. The van der Waals surface area contributed by atoms with Gasteiger partial charge in [0.1, 0.15) is 0 Å².